The van der Waals surface area contributed by atoms with Crippen LogP contribution in [0.25, 0.3) is 109 Å². The average Bonchev–Trinajstić information content (AvgIpc) is 3.82. The molecule has 0 saturated carbocycles. The molecule has 8 aromatic carbocycles. The second kappa shape index (κ2) is 12.3. The van der Waals surface area contributed by atoms with Gasteiger partial charge in [0.1, 0.15) is 11.2 Å². The Kier molecular flexibility index (Phi) is 7.00. The van der Waals surface area contributed by atoms with Crippen LogP contribution >= 0.6 is 11.3 Å². The number of aromatic nitrogens is 3. The summed E-state index contributed by atoms with van der Waals surface area (Å²) in [5.74, 6) is 1.91. The fraction of sp³-hybridized carbons (Fsp3) is 0. The minimum absolute atomic E-state index is 0.625. The van der Waals surface area contributed by atoms with Gasteiger partial charge in [-0.15, -0.1) is 11.3 Å². The van der Waals surface area contributed by atoms with Crippen LogP contribution < -0.4 is 0 Å². The number of hydrogen-bond acceptors (Lipinski definition) is 5. The Balaban J connectivity index is 1.13. The van der Waals surface area contributed by atoms with Crippen LogP contribution in [0.1, 0.15) is 0 Å². The smallest absolute Gasteiger partial charge is 0.164 e. The van der Waals surface area contributed by atoms with Crippen LogP contribution in [0.2, 0.25) is 0 Å². The molecule has 0 unspecified atom stereocenters. The van der Waals surface area contributed by atoms with Crippen molar-refractivity contribution in [3.63, 3.8) is 0 Å². The normalized spacial score (nSPS) is 11.7. The zero-order chi connectivity index (χ0) is 35.6. The summed E-state index contributed by atoms with van der Waals surface area (Å²) in [4.78, 5) is 15.3. The predicted molar refractivity (Wildman–Crippen MR) is 225 cm³/mol. The maximum atomic E-state index is 6.64. The van der Waals surface area contributed by atoms with E-state index in [4.69, 9.17) is 19.4 Å². The van der Waals surface area contributed by atoms with Crippen molar-refractivity contribution in [2.75, 3.05) is 0 Å². The van der Waals surface area contributed by atoms with Crippen molar-refractivity contribution in [3.05, 3.63) is 176 Å². The summed E-state index contributed by atoms with van der Waals surface area (Å²) < 4.78 is 9.16. The van der Waals surface area contributed by atoms with E-state index in [2.05, 4.69) is 146 Å². The van der Waals surface area contributed by atoms with E-state index in [1.54, 1.807) is 0 Å². The summed E-state index contributed by atoms with van der Waals surface area (Å²) in [6.45, 7) is 0. The first-order valence-electron chi connectivity index (χ1n) is 18.0. The molecule has 0 aliphatic heterocycles. The predicted octanol–water partition coefficient (Wildman–Crippen LogP) is 13.6. The molecule has 0 aliphatic rings. The second-order valence-electron chi connectivity index (χ2n) is 13.6. The van der Waals surface area contributed by atoms with E-state index < -0.39 is 0 Å². The number of para-hydroxylation sites is 1. The average molecular weight is 708 g/mol. The summed E-state index contributed by atoms with van der Waals surface area (Å²) in [7, 11) is 0. The molecule has 252 valence electrons. The Labute approximate surface area is 314 Å². The number of benzene rings is 8. The van der Waals surface area contributed by atoms with Gasteiger partial charge in [0.15, 0.2) is 17.5 Å². The Morgan fingerprint density at radius 1 is 0.352 bits per heavy atom. The highest BCUT2D eigenvalue weighted by Gasteiger charge is 2.19. The van der Waals surface area contributed by atoms with Gasteiger partial charge in [-0.1, -0.05) is 133 Å². The zero-order valence-corrected chi connectivity index (χ0v) is 29.7. The SMILES string of the molecule is c1ccc(-c2nc(-c3cccc(-c4cc5c6ccccc6oc5c5c(-c6ccccc6)cccc45)c3)nc(-c3ccc4sc5ccccc5c4c3)n2)cc1. The molecule has 0 aliphatic carbocycles. The minimum Gasteiger partial charge on any atom is -0.455 e. The second-order valence-corrected chi connectivity index (χ2v) is 14.6. The van der Waals surface area contributed by atoms with Crippen LogP contribution in [0.4, 0.5) is 0 Å². The Morgan fingerprint density at radius 3 is 1.76 bits per heavy atom. The molecule has 11 aromatic rings. The van der Waals surface area contributed by atoms with Gasteiger partial charge in [0.2, 0.25) is 0 Å². The van der Waals surface area contributed by atoms with Crippen LogP contribution in [0.15, 0.2) is 180 Å². The third kappa shape index (κ3) is 5.01. The number of furan rings is 1. The Morgan fingerprint density at radius 2 is 0.944 bits per heavy atom. The van der Waals surface area contributed by atoms with Crippen molar-refractivity contribution in [2.45, 2.75) is 0 Å². The molecule has 0 fully saturated rings. The maximum absolute atomic E-state index is 6.64. The van der Waals surface area contributed by atoms with Crippen molar-refractivity contribution in [1.29, 1.82) is 0 Å². The quantitative estimate of drug-likeness (QED) is 0.179. The van der Waals surface area contributed by atoms with Crippen molar-refractivity contribution >= 4 is 64.2 Å². The lowest BCUT2D eigenvalue weighted by atomic mass is 9.90. The topological polar surface area (TPSA) is 51.8 Å². The van der Waals surface area contributed by atoms with E-state index in [0.29, 0.717) is 17.5 Å². The molecule has 3 aromatic heterocycles. The van der Waals surface area contributed by atoms with E-state index >= 15 is 0 Å². The van der Waals surface area contributed by atoms with E-state index in [1.165, 1.54) is 20.2 Å². The van der Waals surface area contributed by atoms with Crippen LogP contribution in [0, 0.1) is 0 Å². The monoisotopic (exact) mass is 707 g/mol. The molecular weight excluding hydrogens is 679 g/mol. The number of nitrogens with zero attached hydrogens (tertiary/aromatic N) is 3. The molecule has 4 nitrogen and oxygen atoms in total. The largest absolute Gasteiger partial charge is 0.455 e. The van der Waals surface area contributed by atoms with Gasteiger partial charge < -0.3 is 4.42 Å². The first-order valence-corrected chi connectivity index (χ1v) is 18.8. The molecular formula is C49H29N3OS. The summed E-state index contributed by atoms with van der Waals surface area (Å²) in [6, 6.07) is 61.5. The molecule has 3 heterocycles. The van der Waals surface area contributed by atoms with E-state index in [0.717, 1.165) is 71.7 Å². The summed E-state index contributed by atoms with van der Waals surface area (Å²) >= 11 is 1.81. The first kappa shape index (κ1) is 30.7. The van der Waals surface area contributed by atoms with Crippen molar-refractivity contribution in [3.8, 4) is 56.4 Å². The van der Waals surface area contributed by atoms with Gasteiger partial charge in [0.25, 0.3) is 0 Å². The lowest BCUT2D eigenvalue weighted by molar-refractivity contribution is 0.673. The van der Waals surface area contributed by atoms with E-state index in [-0.39, 0.29) is 0 Å². The lowest BCUT2D eigenvalue weighted by Crippen LogP contribution is -2.00. The fourth-order valence-electron chi connectivity index (χ4n) is 7.78. The summed E-state index contributed by atoms with van der Waals surface area (Å²) in [6.07, 6.45) is 0. The molecule has 0 amide bonds. The first-order chi connectivity index (χ1) is 26.7. The number of thiophene rings is 1. The summed E-state index contributed by atoms with van der Waals surface area (Å²) in [5.41, 5.74) is 9.07. The minimum atomic E-state index is 0.625. The van der Waals surface area contributed by atoms with Crippen molar-refractivity contribution in [1.82, 2.24) is 15.0 Å². The van der Waals surface area contributed by atoms with Gasteiger partial charge in [-0.3, -0.25) is 0 Å². The van der Waals surface area contributed by atoms with Crippen LogP contribution in [0.5, 0.6) is 0 Å². The molecule has 0 radical (unpaired) electrons. The van der Waals surface area contributed by atoms with Crippen LogP contribution in [0.3, 0.4) is 0 Å². The van der Waals surface area contributed by atoms with Gasteiger partial charge in [-0.2, -0.15) is 0 Å². The molecule has 0 N–H and O–H groups in total. The molecule has 0 atom stereocenters. The van der Waals surface area contributed by atoms with Gasteiger partial charge in [-0.05, 0) is 70.1 Å². The molecule has 54 heavy (non-hydrogen) atoms. The standard InChI is InChI=1S/C49H29N3OS/c1-3-13-30(14-4-1)35-21-12-22-38-39(29-41-36-19-7-9-23-42(36)53-46(41)45(35)38)32-17-11-18-33(27-32)48-50-47(31-15-5-2-6-16-31)51-49(52-48)34-25-26-44-40(28-34)37-20-8-10-24-43(37)54-44/h1-29H. The number of rotatable bonds is 5. The molecule has 11 rings (SSSR count). The third-order valence-electron chi connectivity index (χ3n) is 10.3. The summed E-state index contributed by atoms with van der Waals surface area (Å²) in [5, 5.41) is 6.86. The molecule has 5 heteroatoms. The lowest BCUT2D eigenvalue weighted by Gasteiger charge is -2.14. The highest BCUT2D eigenvalue weighted by Crippen LogP contribution is 2.44. The zero-order valence-electron chi connectivity index (χ0n) is 28.9. The molecule has 0 spiro atoms. The number of fused-ring (bicyclic) bond motifs is 8. The van der Waals surface area contributed by atoms with E-state index in [1.807, 2.05) is 41.7 Å². The van der Waals surface area contributed by atoms with Gasteiger partial charge in [0.05, 0.1) is 0 Å². The van der Waals surface area contributed by atoms with Gasteiger partial charge in [0, 0.05) is 53.0 Å². The molecule has 0 saturated heterocycles. The van der Waals surface area contributed by atoms with Gasteiger partial charge in [-0.25, -0.2) is 15.0 Å². The van der Waals surface area contributed by atoms with Crippen molar-refractivity contribution < 1.29 is 4.42 Å². The third-order valence-corrected chi connectivity index (χ3v) is 11.5. The fourth-order valence-corrected chi connectivity index (χ4v) is 8.86. The van der Waals surface area contributed by atoms with Gasteiger partial charge >= 0.3 is 0 Å². The maximum Gasteiger partial charge on any atom is 0.164 e. The van der Waals surface area contributed by atoms with Crippen LogP contribution in [-0.4, -0.2) is 15.0 Å². The molecule has 0 bridgehead atoms. The Bertz CT molecular complexity index is 3220. The highest BCUT2D eigenvalue weighted by atomic mass is 32.1. The van der Waals surface area contributed by atoms with E-state index in [9.17, 15) is 0 Å². The van der Waals surface area contributed by atoms with Crippen LogP contribution in [-0.2, 0) is 0 Å². The number of hydrogen-bond donors (Lipinski definition) is 0. The Hall–Kier alpha value is -6.95. The highest BCUT2D eigenvalue weighted by molar-refractivity contribution is 7.25. The van der Waals surface area contributed by atoms with Crippen molar-refractivity contribution in [2.24, 2.45) is 0 Å².